The van der Waals surface area contributed by atoms with E-state index in [2.05, 4.69) is 96.0 Å². The van der Waals surface area contributed by atoms with Crippen LogP contribution in [0.5, 0.6) is 11.5 Å². The lowest BCUT2D eigenvalue weighted by Gasteiger charge is -2.11. The topological polar surface area (TPSA) is 48.4 Å². The third-order valence-corrected chi connectivity index (χ3v) is 8.39. The largest absolute Gasteiger partial charge is 0.457 e. The molecule has 6 aromatic carbocycles. The van der Waals surface area contributed by atoms with Gasteiger partial charge in [-0.1, -0.05) is 72.8 Å². The molecule has 0 saturated carbocycles. The molecule has 0 radical (unpaired) electrons. The van der Waals surface area contributed by atoms with Gasteiger partial charge in [0.15, 0.2) is 0 Å². The zero-order valence-electron chi connectivity index (χ0n) is 24.1. The van der Waals surface area contributed by atoms with Crippen LogP contribution in [0, 0.1) is 0 Å². The molecule has 0 N–H and O–H groups in total. The molecule has 9 rings (SSSR count). The van der Waals surface area contributed by atoms with Gasteiger partial charge in [0, 0.05) is 27.7 Å². The lowest BCUT2D eigenvalue weighted by atomic mass is 9.98. The van der Waals surface area contributed by atoms with Gasteiger partial charge in [-0.15, -0.1) is 0 Å². The molecule has 0 amide bonds. The van der Waals surface area contributed by atoms with E-state index in [1.54, 1.807) is 6.20 Å². The zero-order valence-corrected chi connectivity index (χ0v) is 24.1. The third-order valence-electron chi connectivity index (χ3n) is 8.39. The van der Waals surface area contributed by atoms with Crippen LogP contribution in [-0.4, -0.2) is 4.98 Å². The van der Waals surface area contributed by atoms with Crippen molar-refractivity contribution < 1.29 is 13.6 Å². The van der Waals surface area contributed by atoms with Crippen molar-refractivity contribution >= 4 is 44.0 Å². The number of aromatic nitrogens is 1. The second-order valence-corrected chi connectivity index (χ2v) is 11.2. The van der Waals surface area contributed by atoms with Crippen LogP contribution in [0.25, 0.3) is 77.4 Å². The molecule has 4 heteroatoms. The zero-order chi connectivity index (χ0) is 29.7. The summed E-state index contributed by atoms with van der Waals surface area (Å²) in [5.74, 6) is 1.56. The molecule has 9 aromatic rings. The molecule has 4 nitrogen and oxygen atoms in total. The van der Waals surface area contributed by atoms with Gasteiger partial charge < -0.3 is 13.6 Å². The number of pyridine rings is 1. The van der Waals surface area contributed by atoms with E-state index in [4.69, 9.17) is 13.6 Å². The van der Waals surface area contributed by atoms with Gasteiger partial charge in [-0.05, 0) is 106 Å². The van der Waals surface area contributed by atoms with E-state index in [1.165, 1.54) is 0 Å². The number of benzene rings is 6. The molecule has 0 aliphatic rings. The first-order valence-corrected chi connectivity index (χ1v) is 14.9. The Morgan fingerprint density at radius 2 is 0.978 bits per heavy atom. The minimum absolute atomic E-state index is 0.660. The maximum atomic E-state index is 6.39. The molecule has 0 unspecified atom stereocenters. The standard InChI is InChI=1S/C41H25NO3/c1-2-15-38-34(13-1)35-18-16-31(25-40(35)44-38)29-10-5-12-33(23-29)43-32-11-4-9-28(22-32)26-7-3-8-27(21-26)30-17-19-39-37(24-30)36-14-6-20-42-41(36)45-39/h1-25H. The van der Waals surface area contributed by atoms with Gasteiger partial charge in [0.05, 0.1) is 0 Å². The summed E-state index contributed by atoms with van der Waals surface area (Å²) in [6, 6.07) is 49.8. The summed E-state index contributed by atoms with van der Waals surface area (Å²) in [6.45, 7) is 0. The van der Waals surface area contributed by atoms with Crippen molar-refractivity contribution in [2.24, 2.45) is 0 Å². The molecule has 0 spiro atoms. The molecule has 3 heterocycles. The minimum atomic E-state index is 0.660. The quantitative estimate of drug-likeness (QED) is 0.203. The van der Waals surface area contributed by atoms with Crippen molar-refractivity contribution in [3.63, 3.8) is 0 Å². The number of para-hydroxylation sites is 1. The predicted molar refractivity (Wildman–Crippen MR) is 182 cm³/mol. The Morgan fingerprint density at radius 1 is 0.378 bits per heavy atom. The Balaban J connectivity index is 1.00. The molecule has 3 aromatic heterocycles. The maximum Gasteiger partial charge on any atom is 0.227 e. The molecular weight excluding hydrogens is 554 g/mol. The van der Waals surface area contributed by atoms with Gasteiger partial charge in [-0.2, -0.15) is 0 Å². The molecule has 0 fully saturated rings. The molecule has 0 aliphatic heterocycles. The summed E-state index contributed by atoms with van der Waals surface area (Å²) < 4.78 is 18.4. The molecule has 0 bridgehead atoms. The predicted octanol–water partition coefficient (Wildman–Crippen LogP) is 11.7. The van der Waals surface area contributed by atoms with Crippen LogP contribution >= 0.6 is 0 Å². The Morgan fingerprint density at radius 3 is 1.78 bits per heavy atom. The number of hydrogen-bond acceptors (Lipinski definition) is 4. The summed E-state index contributed by atoms with van der Waals surface area (Å²) >= 11 is 0. The van der Waals surface area contributed by atoms with E-state index >= 15 is 0 Å². The molecule has 0 atom stereocenters. The fourth-order valence-electron chi connectivity index (χ4n) is 6.19. The lowest BCUT2D eigenvalue weighted by Crippen LogP contribution is -1.87. The highest BCUT2D eigenvalue weighted by molar-refractivity contribution is 6.06. The van der Waals surface area contributed by atoms with E-state index in [0.29, 0.717) is 5.71 Å². The van der Waals surface area contributed by atoms with Crippen molar-refractivity contribution in [3.05, 3.63) is 152 Å². The van der Waals surface area contributed by atoms with Gasteiger partial charge >= 0.3 is 0 Å². The number of fused-ring (bicyclic) bond motifs is 6. The van der Waals surface area contributed by atoms with Crippen LogP contribution < -0.4 is 4.74 Å². The van der Waals surface area contributed by atoms with Crippen LogP contribution in [0.3, 0.4) is 0 Å². The van der Waals surface area contributed by atoms with Crippen LogP contribution in [0.4, 0.5) is 0 Å². The van der Waals surface area contributed by atoms with Crippen LogP contribution in [0.1, 0.15) is 0 Å². The van der Waals surface area contributed by atoms with Gasteiger partial charge in [0.1, 0.15) is 28.2 Å². The van der Waals surface area contributed by atoms with E-state index in [9.17, 15) is 0 Å². The summed E-state index contributed by atoms with van der Waals surface area (Å²) in [4.78, 5) is 4.37. The molecular formula is C41H25NO3. The highest BCUT2D eigenvalue weighted by Gasteiger charge is 2.11. The van der Waals surface area contributed by atoms with Crippen molar-refractivity contribution in [1.29, 1.82) is 0 Å². The summed E-state index contributed by atoms with van der Waals surface area (Å²) in [7, 11) is 0. The summed E-state index contributed by atoms with van der Waals surface area (Å²) in [5.41, 5.74) is 9.88. The van der Waals surface area contributed by atoms with Crippen molar-refractivity contribution in [1.82, 2.24) is 4.98 Å². The first-order valence-electron chi connectivity index (χ1n) is 14.9. The number of rotatable bonds is 5. The van der Waals surface area contributed by atoms with E-state index in [-0.39, 0.29) is 0 Å². The van der Waals surface area contributed by atoms with E-state index in [0.717, 1.165) is 83.2 Å². The SMILES string of the molecule is c1cc(Oc2cccc(-c3ccc4c(c3)oc3ccccc34)c2)cc(-c2cccc(-c3ccc4oc5ncccc5c4c3)c2)c1. The number of furan rings is 2. The molecule has 0 saturated heterocycles. The first-order chi connectivity index (χ1) is 22.2. The molecule has 212 valence electrons. The molecule has 0 aliphatic carbocycles. The third kappa shape index (κ3) is 4.52. The average Bonchev–Trinajstić information content (AvgIpc) is 3.66. The highest BCUT2D eigenvalue weighted by Crippen LogP contribution is 2.36. The number of ether oxygens (including phenoxy) is 1. The lowest BCUT2D eigenvalue weighted by molar-refractivity contribution is 0.483. The Hall–Kier alpha value is -6.13. The number of hydrogen-bond donors (Lipinski definition) is 0. The Labute approximate surface area is 258 Å². The minimum Gasteiger partial charge on any atom is -0.457 e. The van der Waals surface area contributed by atoms with E-state index in [1.807, 2.05) is 54.6 Å². The van der Waals surface area contributed by atoms with Gasteiger partial charge in [0.25, 0.3) is 0 Å². The average molecular weight is 580 g/mol. The Bertz CT molecular complexity index is 2540. The van der Waals surface area contributed by atoms with E-state index < -0.39 is 0 Å². The fraction of sp³-hybridized carbons (Fsp3) is 0. The molecule has 45 heavy (non-hydrogen) atoms. The van der Waals surface area contributed by atoms with Crippen molar-refractivity contribution in [2.75, 3.05) is 0 Å². The number of nitrogens with zero attached hydrogens (tertiary/aromatic N) is 1. The second-order valence-electron chi connectivity index (χ2n) is 11.2. The van der Waals surface area contributed by atoms with Gasteiger partial charge in [-0.3, -0.25) is 0 Å². The normalized spacial score (nSPS) is 11.6. The summed E-state index contributed by atoms with van der Waals surface area (Å²) in [6.07, 6.45) is 1.76. The van der Waals surface area contributed by atoms with Crippen molar-refractivity contribution in [3.8, 4) is 44.9 Å². The monoisotopic (exact) mass is 579 g/mol. The summed E-state index contributed by atoms with van der Waals surface area (Å²) in [5, 5.41) is 4.34. The fourth-order valence-corrected chi connectivity index (χ4v) is 6.19. The second kappa shape index (κ2) is 10.2. The van der Waals surface area contributed by atoms with Crippen molar-refractivity contribution in [2.45, 2.75) is 0 Å². The maximum absolute atomic E-state index is 6.39. The first kappa shape index (κ1) is 25.4. The highest BCUT2D eigenvalue weighted by atomic mass is 16.5. The van der Waals surface area contributed by atoms with Crippen LogP contribution in [0.15, 0.2) is 161 Å². The van der Waals surface area contributed by atoms with Crippen LogP contribution in [-0.2, 0) is 0 Å². The smallest absolute Gasteiger partial charge is 0.227 e. The van der Waals surface area contributed by atoms with Crippen LogP contribution in [0.2, 0.25) is 0 Å². The Kier molecular flexibility index (Phi) is 5.78. The van der Waals surface area contributed by atoms with Gasteiger partial charge in [0.2, 0.25) is 5.71 Å². The van der Waals surface area contributed by atoms with Gasteiger partial charge in [-0.25, -0.2) is 4.98 Å².